The highest BCUT2D eigenvalue weighted by Gasteiger charge is 2.17. The Morgan fingerprint density at radius 1 is 1.19 bits per heavy atom. The number of fused-ring (bicyclic) bond motifs is 1. The predicted octanol–water partition coefficient (Wildman–Crippen LogP) is 1.28. The average molecular weight is 287 g/mol. The molecular formula is C14H21N7. The molecule has 0 atom stereocenters. The molecule has 0 saturated carbocycles. The maximum absolute atomic E-state index is 6.09. The quantitative estimate of drug-likeness (QED) is 0.766. The highest BCUT2D eigenvalue weighted by atomic mass is 15.3. The smallest absolute Gasteiger partial charge is 0.202 e. The Bertz CT molecular complexity index is 762. The summed E-state index contributed by atoms with van der Waals surface area (Å²) in [7, 11) is 3.87. The van der Waals surface area contributed by atoms with Crippen molar-refractivity contribution in [1.82, 2.24) is 29.1 Å². The largest absolute Gasteiger partial charge is 0.369 e. The normalized spacial score (nSPS) is 11.6. The van der Waals surface area contributed by atoms with Crippen molar-refractivity contribution in [3.63, 3.8) is 0 Å². The van der Waals surface area contributed by atoms with Crippen molar-refractivity contribution in [3.05, 3.63) is 23.7 Å². The molecule has 3 aromatic heterocycles. The Morgan fingerprint density at radius 2 is 2.00 bits per heavy atom. The zero-order chi connectivity index (χ0) is 15.0. The summed E-state index contributed by atoms with van der Waals surface area (Å²) in [6.45, 7) is 2.90. The summed E-state index contributed by atoms with van der Waals surface area (Å²) in [6.07, 6.45) is 4.75. The maximum Gasteiger partial charge on any atom is 0.202 e. The minimum absolute atomic E-state index is 0.547. The fourth-order valence-corrected chi connectivity index (χ4v) is 2.71. The molecule has 0 aliphatic carbocycles. The Hall–Kier alpha value is -2.31. The fraction of sp³-hybridized carbons (Fsp3) is 0.500. The number of aromatic nitrogens is 6. The van der Waals surface area contributed by atoms with E-state index >= 15 is 0 Å². The third kappa shape index (κ3) is 2.39. The average Bonchev–Trinajstić information content (AvgIpc) is 3.07. The second-order valence-corrected chi connectivity index (χ2v) is 5.34. The van der Waals surface area contributed by atoms with Gasteiger partial charge in [0.15, 0.2) is 5.65 Å². The van der Waals surface area contributed by atoms with Gasteiger partial charge in [0.05, 0.1) is 11.4 Å². The van der Waals surface area contributed by atoms with Crippen molar-refractivity contribution < 1.29 is 0 Å². The van der Waals surface area contributed by atoms with Crippen LogP contribution in [0, 0.1) is 0 Å². The van der Waals surface area contributed by atoms with E-state index in [0.717, 1.165) is 48.4 Å². The van der Waals surface area contributed by atoms with Gasteiger partial charge in [-0.25, -0.2) is 4.98 Å². The molecule has 112 valence electrons. The van der Waals surface area contributed by atoms with E-state index in [4.69, 9.17) is 5.73 Å². The van der Waals surface area contributed by atoms with Crippen LogP contribution in [0.5, 0.6) is 0 Å². The van der Waals surface area contributed by atoms with E-state index in [1.165, 1.54) is 0 Å². The minimum Gasteiger partial charge on any atom is -0.369 e. The molecule has 2 N–H and O–H groups in total. The van der Waals surface area contributed by atoms with Crippen LogP contribution >= 0.6 is 0 Å². The van der Waals surface area contributed by atoms with Gasteiger partial charge < -0.3 is 5.73 Å². The van der Waals surface area contributed by atoms with Crippen LogP contribution in [0.4, 0.5) is 5.95 Å². The Balaban J connectivity index is 1.92. The zero-order valence-electron chi connectivity index (χ0n) is 12.7. The van der Waals surface area contributed by atoms with Crippen molar-refractivity contribution in [1.29, 1.82) is 0 Å². The monoisotopic (exact) mass is 287 g/mol. The molecule has 0 aliphatic rings. The van der Waals surface area contributed by atoms with Gasteiger partial charge in [0.1, 0.15) is 5.52 Å². The van der Waals surface area contributed by atoms with Gasteiger partial charge in [-0.05, 0) is 12.5 Å². The molecule has 3 aromatic rings. The molecule has 7 heteroatoms. The minimum atomic E-state index is 0.547. The highest BCUT2D eigenvalue weighted by molar-refractivity contribution is 5.77. The number of anilines is 1. The molecule has 0 saturated heterocycles. The molecule has 0 fully saturated rings. The van der Waals surface area contributed by atoms with Crippen LogP contribution in [0.25, 0.3) is 11.2 Å². The van der Waals surface area contributed by atoms with E-state index in [2.05, 4.69) is 22.1 Å². The lowest BCUT2D eigenvalue weighted by molar-refractivity contribution is 0.655. The summed E-state index contributed by atoms with van der Waals surface area (Å²) < 4.78 is 5.71. The third-order valence-electron chi connectivity index (χ3n) is 3.67. The van der Waals surface area contributed by atoms with Crippen LogP contribution in [-0.4, -0.2) is 29.1 Å². The molecule has 0 amide bonds. The van der Waals surface area contributed by atoms with Crippen LogP contribution in [0.15, 0.2) is 12.3 Å². The second-order valence-electron chi connectivity index (χ2n) is 5.34. The van der Waals surface area contributed by atoms with Crippen molar-refractivity contribution in [2.24, 2.45) is 14.1 Å². The summed E-state index contributed by atoms with van der Waals surface area (Å²) in [5.41, 5.74) is 10.1. The maximum atomic E-state index is 6.09. The molecule has 0 aliphatic heterocycles. The molecule has 0 spiro atoms. The van der Waals surface area contributed by atoms with Gasteiger partial charge in [0.2, 0.25) is 5.95 Å². The number of hydrogen-bond donors (Lipinski definition) is 1. The van der Waals surface area contributed by atoms with Crippen LogP contribution in [0.2, 0.25) is 0 Å². The van der Waals surface area contributed by atoms with Crippen LogP contribution in [0.1, 0.15) is 24.7 Å². The van der Waals surface area contributed by atoms with Gasteiger partial charge in [0.25, 0.3) is 0 Å². The van der Waals surface area contributed by atoms with Crippen molar-refractivity contribution in [3.8, 4) is 0 Å². The van der Waals surface area contributed by atoms with E-state index in [9.17, 15) is 0 Å². The molecule has 3 rings (SSSR count). The Kier molecular flexibility index (Phi) is 3.40. The number of hydrogen-bond acceptors (Lipinski definition) is 4. The lowest BCUT2D eigenvalue weighted by Crippen LogP contribution is -2.09. The van der Waals surface area contributed by atoms with Crippen LogP contribution in [-0.2, 0) is 33.5 Å². The molecule has 0 bridgehead atoms. The number of rotatable bonds is 5. The van der Waals surface area contributed by atoms with Gasteiger partial charge in [-0.3, -0.25) is 13.9 Å². The molecular weight excluding hydrogens is 266 g/mol. The summed E-state index contributed by atoms with van der Waals surface area (Å²) >= 11 is 0. The second kappa shape index (κ2) is 5.23. The van der Waals surface area contributed by atoms with Gasteiger partial charge in [0, 0.05) is 33.3 Å². The summed E-state index contributed by atoms with van der Waals surface area (Å²) in [5, 5.41) is 8.96. The number of nitrogens with two attached hydrogens (primary N) is 1. The Labute approximate surface area is 123 Å². The van der Waals surface area contributed by atoms with E-state index in [-0.39, 0.29) is 0 Å². The first kappa shape index (κ1) is 13.7. The first-order valence-corrected chi connectivity index (χ1v) is 7.26. The molecule has 3 heterocycles. The van der Waals surface area contributed by atoms with E-state index in [1.807, 2.05) is 40.3 Å². The predicted molar refractivity (Wildman–Crippen MR) is 81.8 cm³/mol. The van der Waals surface area contributed by atoms with Gasteiger partial charge >= 0.3 is 0 Å². The van der Waals surface area contributed by atoms with Crippen molar-refractivity contribution in [2.75, 3.05) is 5.73 Å². The van der Waals surface area contributed by atoms with Crippen molar-refractivity contribution >= 4 is 17.1 Å². The highest BCUT2D eigenvalue weighted by Crippen LogP contribution is 2.22. The first-order valence-electron chi connectivity index (χ1n) is 7.26. The number of nitrogens with zero attached hydrogens (tertiary/aromatic N) is 6. The Morgan fingerprint density at radius 3 is 2.67 bits per heavy atom. The lowest BCUT2D eigenvalue weighted by Gasteiger charge is -2.05. The van der Waals surface area contributed by atoms with Crippen molar-refractivity contribution in [2.45, 2.75) is 32.7 Å². The standard InChI is InChI=1S/C14H21N7/c1-4-5-11-12-13(20(3)18-11)21(14(15)16-12)9-7-10-6-8-19(2)17-10/h6,8H,4-5,7,9H2,1-3H3,(H2,15,16). The van der Waals surface area contributed by atoms with Gasteiger partial charge in [-0.1, -0.05) is 13.3 Å². The van der Waals surface area contributed by atoms with E-state index in [1.54, 1.807) is 0 Å². The summed E-state index contributed by atoms with van der Waals surface area (Å²) in [4.78, 5) is 4.50. The summed E-state index contributed by atoms with van der Waals surface area (Å²) in [6, 6.07) is 2.02. The van der Waals surface area contributed by atoms with E-state index in [0.29, 0.717) is 5.95 Å². The molecule has 0 unspecified atom stereocenters. The molecule has 0 radical (unpaired) electrons. The van der Waals surface area contributed by atoms with E-state index < -0.39 is 0 Å². The number of imidazole rings is 1. The fourth-order valence-electron chi connectivity index (χ4n) is 2.71. The van der Waals surface area contributed by atoms with Crippen LogP contribution < -0.4 is 5.73 Å². The first-order chi connectivity index (χ1) is 10.1. The number of nitrogen functional groups attached to an aromatic ring is 1. The molecule has 7 nitrogen and oxygen atoms in total. The molecule has 21 heavy (non-hydrogen) atoms. The topological polar surface area (TPSA) is 79.5 Å². The third-order valence-corrected chi connectivity index (χ3v) is 3.67. The number of aryl methyl sites for hydroxylation is 5. The SMILES string of the molecule is CCCc1nn(C)c2c1nc(N)n2CCc1ccn(C)n1. The zero-order valence-corrected chi connectivity index (χ0v) is 12.7. The lowest BCUT2D eigenvalue weighted by atomic mass is 10.2. The van der Waals surface area contributed by atoms with Gasteiger partial charge in [-0.15, -0.1) is 0 Å². The van der Waals surface area contributed by atoms with Gasteiger partial charge in [-0.2, -0.15) is 10.2 Å². The molecule has 0 aromatic carbocycles. The summed E-state index contributed by atoms with van der Waals surface area (Å²) in [5.74, 6) is 0.547. The van der Waals surface area contributed by atoms with Crippen LogP contribution in [0.3, 0.4) is 0 Å².